The van der Waals surface area contributed by atoms with E-state index in [9.17, 15) is 23.3 Å². The van der Waals surface area contributed by atoms with Crippen LogP contribution in [0.1, 0.15) is 39.2 Å². The Bertz CT molecular complexity index is 1260. The van der Waals surface area contributed by atoms with E-state index in [1.165, 1.54) is 35.6 Å². The summed E-state index contributed by atoms with van der Waals surface area (Å²) in [5.41, 5.74) is 1.84. The van der Waals surface area contributed by atoms with E-state index >= 15 is 0 Å². The summed E-state index contributed by atoms with van der Waals surface area (Å²) in [6, 6.07) is 11.9. The Hall–Kier alpha value is -3.04. The van der Waals surface area contributed by atoms with E-state index in [1.807, 2.05) is 6.92 Å². The van der Waals surface area contributed by atoms with Crippen molar-refractivity contribution in [2.24, 2.45) is 0 Å². The summed E-state index contributed by atoms with van der Waals surface area (Å²) in [6.07, 6.45) is 3.31. The predicted molar refractivity (Wildman–Crippen MR) is 119 cm³/mol. The van der Waals surface area contributed by atoms with E-state index in [1.54, 1.807) is 24.3 Å². The highest BCUT2D eigenvalue weighted by atomic mass is 32.2. The largest absolute Gasteiger partial charge is 0.312 e. The van der Waals surface area contributed by atoms with Gasteiger partial charge in [-0.3, -0.25) is 14.9 Å². The lowest BCUT2D eigenvalue weighted by Gasteiger charge is -2.14. The van der Waals surface area contributed by atoms with E-state index in [4.69, 9.17) is 0 Å². The van der Waals surface area contributed by atoms with Crippen molar-refractivity contribution in [2.45, 2.75) is 42.4 Å². The van der Waals surface area contributed by atoms with Gasteiger partial charge in [0.05, 0.1) is 9.82 Å². The first-order valence-electron chi connectivity index (χ1n) is 9.79. The molecule has 0 fully saturated rings. The smallest absolute Gasteiger partial charge is 0.269 e. The minimum Gasteiger partial charge on any atom is -0.312 e. The monoisotopic (exact) mass is 456 g/mol. The molecule has 1 N–H and O–H groups in total. The number of fused-ring (bicyclic) bond motifs is 1. The van der Waals surface area contributed by atoms with Crippen LogP contribution in [0.3, 0.4) is 0 Å². The second-order valence-electron chi connectivity index (χ2n) is 7.44. The summed E-state index contributed by atoms with van der Waals surface area (Å²) in [6.45, 7) is 1.89. The van der Waals surface area contributed by atoms with Gasteiger partial charge in [0, 0.05) is 22.6 Å². The highest BCUT2D eigenvalue weighted by Crippen LogP contribution is 2.43. The van der Waals surface area contributed by atoms with Crippen LogP contribution in [-0.2, 0) is 22.7 Å². The normalized spacial score (nSPS) is 13.5. The number of amides is 1. The third-order valence-corrected chi connectivity index (χ3v) is 8.51. The van der Waals surface area contributed by atoms with Crippen LogP contribution in [0.25, 0.3) is 0 Å². The molecule has 0 spiro atoms. The summed E-state index contributed by atoms with van der Waals surface area (Å²) in [4.78, 5) is 24.4. The van der Waals surface area contributed by atoms with E-state index in [0.717, 1.165) is 35.3 Å². The quantitative estimate of drug-likeness (QED) is 0.433. The van der Waals surface area contributed by atoms with Crippen molar-refractivity contribution in [1.29, 1.82) is 0 Å². The maximum absolute atomic E-state index is 13.5. The Morgan fingerprint density at radius 3 is 2.32 bits per heavy atom. The molecule has 1 aromatic heterocycles. The number of nitrogens with zero attached hydrogens (tertiary/aromatic N) is 1. The predicted octanol–water partition coefficient (Wildman–Crippen LogP) is 4.93. The fourth-order valence-electron chi connectivity index (χ4n) is 3.65. The van der Waals surface area contributed by atoms with E-state index in [-0.39, 0.29) is 21.0 Å². The Morgan fingerprint density at radius 1 is 1.03 bits per heavy atom. The summed E-state index contributed by atoms with van der Waals surface area (Å²) < 4.78 is 27.0. The van der Waals surface area contributed by atoms with Gasteiger partial charge in [-0.2, -0.15) is 0 Å². The standard InChI is InChI=1S/C22H20N2O5S2/c1-14-6-12-17(13-7-14)31(28,29)20-18-4-2-3-5-19(18)30-22(20)23-21(25)15-8-10-16(11-9-15)24(26)27/h6-13H,2-5H2,1H3,(H,23,25). The highest BCUT2D eigenvalue weighted by Gasteiger charge is 2.31. The van der Waals surface area contributed by atoms with Crippen molar-refractivity contribution in [3.8, 4) is 0 Å². The molecule has 0 saturated heterocycles. The zero-order chi connectivity index (χ0) is 22.2. The average Bonchev–Trinajstić information content (AvgIpc) is 3.12. The number of nitro groups is 1. The van der Waals surface area contributed by atoms with Gasteiger partial charge in [-0.25, -0.2) is 8.42 Å². The second-order valence-corrected chi connectivity index (χ2v) is 10.4. The number of non-ortho nitro benzene ring substituents is 1. The number of thiophene rings is 1. The second kappa shape index (κ2) is 8.24. The molecule has 9 heteroatoms. The van der Waals surface area contributed by atoms with Gasteiger partial charge in [-0.1, -0.05) is 17.7 Å². The molecule has 0 bridgehead atoms. The van der Waals surface area contributed by atoms with Gasteiger partial charge in [0.15, 0.2) is 0 Å². The zero-order valence-corrected chi connectivity index (χ0v) is 18.4. The summed E-state index contributed by atoms with van der Waals surface area (Å²) in [5, 5.41) is 13.9. The number of carbonyl (C=O) groups excluding carboxylic acids is 1. The van der Waals surface area contributed by atoms with Crippen LogP contribution in [0.15, 0.2) is 58.3 Å². The minimum absolute atomic E-state index is 0.120. The molecular formula is C22H20N2O5S2. The molecule has 7 nitrogen and oxygen atoms in total. The molecule has 1 aliphatic rings. The maximum Gasteiger partial charge on any atom is 0.269 e. The topological polar surface area (TPSA) is 106 Å². The molecule has 0 radical (unpaired) electrons. The van der Waals surface area contributed by atoms with Crippen LogP contribution in [0, 0.1) is 17.0 Å². The molecule has 0 unspecified atom stereocenters. The van der Waals surface area contributed by atoms with E-state index in [2.05, 4.69) is 5.32 Å². The van der Waals surface area contributed by atoms with Crippen LogP contribution in [0.4, 0.5) is 10.7 Å². The number of hydrogen-bond donors (Lipinski definition) is 1. The number of hydrogen-bond acceptors (Lipinski definition) is 6. The van der Waals surface area contributed by atoms with E-state index in [0.29, 0.717) is 11.4 Å². The first kappa shape index (κ1) is 21.2. The molecule has 0 atom stereocenters. The number of rotatable bonds is 5. The molecule has 160 valence electrons. The lowest BCUT2D eigenvalue weighted by atomic mass is 9.99. The molecular weight excluding hydrogens is 436 g/mol. The Balaban J connectivity index is 1.74. The van der Waals surface area contributed by atoms with Gasteiger partial charge < -0.3 is 5.32 Å². The van der Waals surface area contributed by atoms with Crippen molar-refractivity contribution in [3.05, 3.63) is 80.2 Å². The molecule has 0 saturated carbocycles. The van der Waals surface area contributed by atoms with Crippen LogP contribution in [-0.4, -0.2) is 19.2 Å². The van der Waals surface area contributed by atoms with Crippen LogP contribution in [0.5, 0.6) is 0 Å². The average molecular weight is 457 g/mol. The SMILES string of the molecule is Cc1ccc(S(=O)(=O)c2c(NC(=O)c3ccc([N+](=O)[O-])cc3)sc3c2CCCC3)cc1. The molecule has 31 heavy (non-hydrogen) atoms. The van der Waals surface area contributed by atoms with Gasteiger partial charge >= 0.3 is 0 Å². The molecule has 2 aromatic carbocycles. The van der Waals surface area contributed by atoms with Gasteiger partial charge in [0.2, 0.25) is 9.84 Å². The van der Waals surface area contributed by atoms with Crippen molar-refractivity contribution >= 4 is 37.8 Å². The number of sulfone groups is 1. The Kier molecular flexibility index (Phi) is 5.63. The molecule has 1 heterocycles. The van der Waals surface area contributed by atoms with E-state index < -0.39 is 20.7 Å². The lowest BCUT2D eigenvalue weighted by Crippen LogP contribution is -2.14. The van der Waals surface area contributed by atoms with Gasteiger partial charge in [-0.15, -0.1) is 11.3 Å². The van der Waals surface area contributed by atoms with Crippen LogP contribution in [0.2, 0.25) is 0 Å². The van der Waals surface area contributed by atoms with Crippen LogP contribution < -0.4 is 5.32 Å². The van der Waals surface area contributed by atoms with Gasteiger partial charge in [-0.05, 0) is 62.4 Å². The third-order valence-electron chi connectivity index (χ3n) is 5.29. The fourth-order valence-corrected chi connectivity index (χ4v) is 6.92. The molecule has 1 amide bonds. The van der Waals surface area contributed by atoms with Crippen molar-refractivity contribution < 1.29 is 18.1 Å². The first-order chi connectivity index (χ1) is 14.8. The third kappa shape index (κ3) is 4.11. The van der Waals surface area contributed by atoms with Gasteiger partial charge in [0.1, 0.15) is 9.90 Å². The zero-order valence-electron chi connectivity index (χ0n) is 16.8. The Morgan fingerprint density at radius 2 is 1.68 bits per heavy atom. The maximum atomic E-state index is 13.5. The van der Waals surface area contributed by atoms with Crippen molar-refractivity contribution in [3.63, 3.8) is 0 Å². The van der Waals surface area contributed by atoms with Crippen LogP contribution >= 0.6 is 11.3 Å². The fraction of sp³-hybridized carbons (Fsp3) is 0.227. The number of anilines is 1. The summed E-state index contributed by atoms with van der Waals surface area (Å²) in [7, 11) is -3.82. The highest BCUT2D eigenvalue weighted by molar-refractivity contribution is 7.92. The molecule has 3 aromatic rings. The molecule has 4 rings (SSSR count). The summed E-state index contributed by atoms with van der Waals surface area (Å²) in [5.74, 6) is -0.506. The first-order valence-corrected chi connectivity index (χ1v) is 12.1. The number of aryl methyl sites for hydroxylation is 2. The number of nitro benzene ring substituents is 1. The summed E-state index contributed by atoms with van der Waals surface area (Å²) >= 11 is 1.30. The lowest BCUT2D eigenvalue weighted by molar-refractivity contribution is -0.384. The van der Waals surface area contributed by atoms with Gasteiger partial charge in [0.25, 0.3) is 11.6 Å². The Labute approximate surface area is 183 Å². The van der Waals surface area contributed by atoms with Crippen molar-refractivity contribution in [1.82, 2.24) is 0 Å². The number of nitrogens with one attached hydrogen (secondary N) is 1. The van der Waals surface area contributed by atoms with Crippen molar-refractivity contribution in [2.75, 3.05) is 5.32 Å². The minimum atomic E-state index is -3.82. The number of carbonyl (C=O) groups is 1. The molecule has 1 aliphatic carbocycles. The number of benzene rings is 2. The molecule has 0 aliphatic heterocycles.